The average Bonchev–Trinajstić information content (AvgIpc) is 3.31. The highest BCUT2D eigenvalue weighted by Gasteiger charge is 2.76. The third-order valence-corrected chi connectivity index (χ3v) is 10.8. The third kappa shape index (κ3) is 1.71. The molecule has 0 aromatic carbocycles. The zero-order chi connectivity index (χ0) is 21.3. The number of carbonyl (C=O) groups is 2. The molecule has 9 atom stereocenters. The van der Waals surface area contributed by atoms with E-state index < -0.39 is 22.5 Å². The Balaban J connectivity index is 1.53. The van der Waals surface area contributed by atoms with Crippen molar-refractivity contribution in [2.24, 2.45) is 45.7 Å². The molecule has 5 aliphatic carbocycles. The van der Waals surface area contributed by atoms with Gasteiger partial charge < -0.3 is 15.6 Å². The Morgan fingerprint density at radius 2 is 1.90 bits per heavy atom. The van der Waals surface area contributed by atoms with Crippen LogP contribution in [0.2, 0.25) is 0 Å². The van der Waals surface area contributed by atoms with Crippen LogP contribution in [0.3, 0.4) is 0 Å². The number of nitriles is 1. The largest absolute Gasteiger partial charge is 0.458 e. The summed E-state index contributed by atoms with van der Waals surface area (Å²) < 4.78 is 5.99. The highest BCUT2D eigenvalue weighted by Crippen LogP contribution is 2.76. The van der Waals surface area contributed by atoms with Gasteiger partial charge in [-0.1, -0.05) is 13.8 Å². The summed E-state index contributed by atoms with van der Waals surface area (Å²) in [6.45, 7) is 4.33. The van der Waals surface area contributed by atoms with Gasteiger partial charge >= 0.3 is 5.97 Å². The monoisotopic (exact) mass is 410 g/mol. The molecule has 1 spiro atoms. The highest BCUT2D eigenvalue weighted by atomic mass is 16.6. The minimum Gasteiger partial charge on any atom is -0.458 e. The number of esters is 1. The molecular formula is C24H30N2O4. The first-order chi connectivity index (χ1) is 14.1. The minimum absolute atomic E-state index is 0.0255. The van der Waals surface area contributed by atoms with Gasteiger partial charge in [0.1, 0.15) is 5.60 Å². The highest BCUT2D eigenvalue weighted by molar-refractivity contribution is 6.00. The molecule has 0 aromatic rings. The van der Waals surface area contributed by atoms with Crippen LogP contribution in [0.4, 0.5) is 0 Å². The zero-order valence-corrected chi connectivity index (χ0v) is 17.7. The predicted octanol–water partition coefficient (Wildman–Crippen LogP) is 2.60. The summed E-state index contributed by atoms with van der Waals surface area (Å²) in [6.07, 6.45) is 4.57. The van der Waals surface area contributed by atoms with Gasteiger partial charge in [0.25, 0.3) is 0 Å². The Morgan fingerprint density at radius 1 is 1.13 bits per heavy atom. The number of nitrogens with zero attached hydrogens (tertiary/aromatic N) is 1. The maximum Gasteiger partial charge on any atom is 0.306 e. The fourth-order valence-electron chi connectivity index (χ4n) is 9.56. The van der Waals surface area contributed by atoms with E-state index in [0.717, 1.165) is 19.3 Å². The number of hydrogen-bond donors (Lipinski definition) is 2. The molecule has 2 bridgehead atoms. The number of rotatable bonds is 0. The Labute approximate surface area is 176 Å². The van der Waals surface area contributed by atoms with Gasteiger partial charge in [0.05, 0.1) is 17.6 Å². The number of fused-ring (bicyclic) bond motifs is 7. The van der Waals surface area contributed by atoms with E-state index in [1.165, 1.54) is 0 Å². The first kappa shape index (κ1) is 18.9. The van der Waals surface area contributed by atoms with Gasteiger partial charge in [-0.2, -0.15) is 5.26 Å². The number of hydrogen-bond acceptors (Lipinski definition) is 6. The smallest absolute Gasteiger partial charge is 0.306 e. The van der Waals surface area contributed by atoms with Crippen molar-refractivity contribution in [3.8, 4) is 6.07 Å². The molecular weight excluding hydrogens is 380 g/mol. The number of allylic oxidation sites excluding steroid dienone is 2. The third-order valence-electron chi connectivity index (χ3n) is 10.8. The van der Waals surface area contributed by atoms with E-state index in [0.29, 0.717) is 43.4 Å². The quantitative estimate of drug-likeness (QED) is 0.594. The summed E-state index contributed by atoms with van der Waals surface area (Å²) in [4.78, 5) is 25.0. The summed E-state index contributed by atoms with van der Waals surface area (Å²) >= 11 is 0. The Bertz CT molecular complexity index is 967. The number of aliphatic hydroxyl groups excluding tert-OH is 1. The van der Waals surface area contributed by atoms with E-state index in [9.17, 15) is 20.0 Å². The van der Waals surface area contributed by atoms with Crippen LogP contribution in [0.25, 0.3) is 0 Å². The van der Waals surface area contributed by atoms with Crippen molar-refractivity contribution >= 4 is 11.8 Å². The van der Waals surface area contributed by atoms with Crippen molar-refractivity contribution in [3.05, 3.63) is 11.3 Å². The van der Waals surface area contributed by atoms with Crippen LogP contribution in [0, 0.1) is 51.2 Å². The molecule has 3 N–H and O–H groups in total. The molecule has 1 aliphatic heterocycles. The summed E-state index contributed by atoms with van der Waals surface area (Å²) in [5.74, 6) is 0.169. The summed E-state index contributed by atoms with van der Waals surface area (Å²) in [5.41, 5.74) is 5.72. The zero-order valence-electron chi connectivity index (χ0n) is 17.7. The van der Waals surface area contributed by atoms with Crippen molar-refractivity contribution in [3.63, 3.8) is 0 Å². The molecule has 160 valence electrons. The van der Waals surface area contributed by atoms with E-state index in [1.807, 2.05) is 0 Å². The summed E-state index contributed by atoms with van der Waals surface area (Å²) in [7, 11) is 0. The summed E-state index contributed by atoms with van der Waals surface area (Å²) in [6, 6.07) is 2.55. The number of carbonyl (C=O) groups excluding carboxylic acids is 2. The fraction of sp³-hybridized carbons (Fsp3) is 0.792. The average molecular weight is 411 g/mol. The maximum absolute atomic E-state index is 12.9. The molecule has 1 saturated heterocycles. The van der Waals surface area contributed by atoms with E-state index in [4.69, 9.17) is 10.5 Å². The first-order valence-electron chi connectivity index (χ1n) is 11.5. The molecule has 6 aliphatic rings. The molecule has 30 heavy (non-hydrogen) atoms. The van der Waals surface area contributed by atoms with Crippen LogP contribution in [0.15, 0.2) is 11.3 Å². The lowest BCUT2D eigenvalue weighted by Crippen LogP contribution is -2.64. The number of aliphatic hydroxyl groups is 1. The van der Waals surface area contributed by atoms with Gasteiger partial charge in [0, 0.05) is 35.4 Å². The second-order valence-electron chi connectivity index (χ2n) is 11.4. The van der Waals surface area contributed by atoms with Crippen molar-refractivity contribution in [2.45, 2.75) is 76.9 Å². The topological polar surface area (TPSA) is 113 Å². The van der Waals surface area contributed by atoms with Gasteiger partial charge in [0.2, 0.25) is 0 Å². The SMILES string of the molecule is CC12C[C@@H](O)C3C(C1CC[C@@]21CCC(=O)O1)[C@@H]1C[C@]2(C#N)C(=C1N)C(=O)CCC32C. The lowest BCUT2D eigenvalue weighted by Gasteiger charge is -2.64. The molecule has 5 fully saturated rings. The number of Topliss-reactive ketones (excluding diaryl/α,β-unsaturated/α-hetero) is 1. The molecule has 6 nitrogen and oxygen atoms in total. The van der Waals surface area contributed by atoms with Crippen molar-refractivity contribution in [1.82, 2.24) is 0 Å². The summed E-state index contributed by atoms with van der Waals surface area (Å²) in [5, 5.41) is 22.0. The van der Waals surface area contributed by atoms with Gasteiger partial charge in [-0.25, -0.2) is 0 Å². The number of nitrogens with two attached hydrogens (primary N) is 1. The van der Waals surface area contributed by atoms with Gasteiger partial charge in [-0.15, -0.1) is 0 Å². The van der Waals surface area contributed by atoms with Gasteiger partial charge in [0.15, 0.2) is 5.78 Å². The van der Waals surface area contributed by atoms with Crippen molar-refractivity contribution in [2.75, 3.05) is 0 Å². The Kier molecular flexibility index (Phi) is 3.33. The molecule has 6 rings (SSSR count). The molecule has 5 unspecified atom stereocenters. The van der Waals surface area contributed by atoms with Crippen LogP contribution in [0.5, 0.6) is 0 Å². The Hall–Kier alpha value is -1.87. The maximum atomic E-state index is 12.9. The minimum atomic E-state index is -0.872. The molecule has 0 amide bonds. The molecule has 0 aromatic heterocycles. The van der Waals surface area contributed by atoms with Crippen LogP contribution in [-0.4, -0.2) is 28.6 Å². The van der Waals surface area contributed by atoms with Crippen LogP contribution >= 0.6 is 0 Å². The standard InChI is InChI=1S/C24H30N2O4/c1-21-6-4-14(27)19-20(26)12(9-23(19,21)11-25)17-13-3-7-24(8-5-16(29)30-24)22(13,2)10-15(28)18(17)21/h12-13,15,17-18,28H,3-10,26H2,1-2H3/t12-,13?,15+,17?,18?,21?,22?,23-,24+/m0/s1. The van der Waals surface area contributed by atoms with Crippen LogP contribution < -0.4 is 5.73 Å². The predicted molar refractivity (Wildman–Crippen MR) is 106 cm³/mol. The van der Waals surface area contributed by atoms with E-state index >= 15 is 0 Å². The number of ether oxygens (including phenoxy) is 1. The first-order valence-corrected chi connectivity index (χ1v) is 11.5. The van der Waals surface area contributed by atoms with E-state index in [1.54, 1.807) is 0 Å². The molecule has 1 heterocycles. The fourth-order valence-corrected chi connectivity index (χ4v) is 9.56. The van der Waals surface area contributed by atoms with Gasteiger partial charge in [-0.3, -0.25) is 9.59 Å². The Morgan fingerprint density at radius 3 is 2.57 bits per heavy atom. The normalized spacial score (nSPS) is 56.0. The lowest BCUT2D eigenvalue weighted by atomic mass is 9.39. The second kappa shape index (κ2) is 5.30. The van der Waals surface area contributed by atoms with Gasteiger partial charge in [-0.05, 0) is 61.7 Å². The van der Waals surface area contributed by atoms with Crippen LogP contribution in [-0.2, 0) is 14.3 Å². The van der Waals surface area contributed by atoms with Crippen molar-refractivity contribution in [1.29, 1.82) is 5.26 Å². The van der Waals surface area contributed by atoms with Crippen LogP contribution in [0.1, 0.15) is 65.2 Å². The molecule has 4 saturated carbocycles. The number of ketones is 1. The van der Waals surface area contributed by atoms with E-state index in [-0.39, 0.29) is 40.8 Å². The molecule has 0 radical (unpaired) electrons. The second-order valence-corrected chi connectivity index (χ2v) is 11.4. The molecule has 6 heteroatoms. The van der Waals surface area contributed by atoms with Crippen molar-refractivity contribution < 1.29 is 19.4 Å². The van der Waals surface area contributed by atoms with E-state index in [2.05, 4.69) is 19.9 Å². The lowest BCUT2D eigenvalue weighted by molar-refractivity contribution is -0.209.